The zero-order valence-corrected chi connectivity index (χ0v) is 13.2. The third-order valence-electron chi connectivity index (χ3n) is 4.21. The van der Waals surface area contributed by atoms with Crippen LogP contribution in [0.15, 0.2) is 24.3 Å². The maximum Gasteiger partial charge on any atom is 0.0607 e. The maximum absolute atomic E-state index is 3.49. The van der Waals surface area contributed by atoms with Crippen molar-refractivity contribution in [3.05, 3.63) is 24.3 Å². The molecule has 20 heavy (non-hydrogen) atoms. The summed E-state index contributed by atoms with van der Waals surface area (Å²) in [6.45, 7) is 9.13. The first-order valence-electron chi connectivity index (χ1n) is 8.01. The molecule has 1 N–H and O–H groups in total. The second kappa shape index (κ2) is 7.53. The zero-order chi connectivity index (χ0) is 14.4. The molecule has 0 saturated heterocycles. The minimum Gasteiger partial charge on any atom is -0.371 e. The first kappa shape index (κ1) is 15.2. The van der Waals surface area contributed by atoms with Gasteiger partial charge in [0, 0.05) is 26.2 Å². The van der Waals surface area contributed by atoms with E-state index >= 15 is 0 Å². The molecule has 0 aromatic heterocycles. The molecule has 0 spiro atoms. The number of nitrogens with zero attached hydrogens (tertiary/aromatic N) is 2. The molecule has 3 heteroatoms. The van der Waals surface area contributed by atoms with E-state index in [2.05, 4.69) is 60.3 Å². The standard InChI is InChI=1S/C17H29N3/c1-4-11-18-12-7-8-15(2)20-14-13-19(3)16-9-5-6-10-17(16)20/h5-6,9-10,15,18H,4,7-8,11-14H2,1-3H3. The summed E-state index contributed by atoms with van der Waals surface area (Å²) < 4.78 is 0. The van der Waals surface area contributed by atoms with Crippen LogP contribution in [0.1, 0.15) is 33.1 Å². The van der Waals surface area contributed by atoms with Crippen LogP contribution in [0.5, 0.6) is 0 Å². The lowest BCUT2D eigenvalue weighted by Gasteiger charge is -2.40. The number of fused-ring (bicyclic) bond motifs is 1. The molecule has 1 unspecified atom stereocenters. The summed E-state index contributed by atoms with van der Waals surface area (Å²) in [5.74, 6) is 0. The fraction of sp³-hybridized carbons (Fsp3) is 0.647. The van der Waals surface area contributed by atoms with Crippen LogP contribution in [-0.2, 0) is 0 Å². The van der Waals surface area contributed by atoms with Crippen LogP contribution in [0.3, 0.4) is 0 Å². The molecular formula is C17H29N3. The van der Waals surface area contributed by atoms with E-state index in [0.717, 1.165) is 26.2 Å². The molecule has 1 aliphatic heterocycles. The predicted molar refractivity (Wildman–Crippen MR) is 88.9 cm³/mol. The Morgan fingerprint density at radius 1 is 1.15 bits per heavy atom. The van der Waals surface area contributed by atoms with Crippen molar-refractivity contribution in [3.8, 4) is 0 Å². The highest BCUT2D eigenvalue weighted by atomic mass is 15.3. The molecule has 1 aromatic carbocycles. The predicted octanol–water partition coefficient (Wildman–Crippen LogP) is 3.11. The molecule has 1 aromatic rings. The maximum atomic E-state index is 3.49. The van der Waals surface area contributed by atoms with Gasteiger partial charge in [0.25, 0.3) is 0 Å². The first-order chi connectivity index (χ1) is 9.74. The molecule has 0 aliphatic carbocycles. The van der Waals surface area contributed by atoms with Gasteiger partial charge < -0.3 is 15.1 Å². The molecule has 0 radical (unpaired) electrons. The van der Waals surface area contributed by atoms with Crippen molar-refractivity contribution >= 4 is 11.4 Å². The Hall–Kier alpha value is -1.22. The van der Waals surface area contributed by atoms with Crippen molar-refractivity contribution < 1.29 is 0 Å². The van der Waals surface area contributed by atoms with Gasteiger partial charge >= 0.3 is 0 Å². The minimum atomic E-state index is 0.619. The number of benzene rings is 1. The smallest absolute Gasteiger partial charge is 0.0607 e. The lowest BCUT2D eigenvalue weighted by atomic mass is 10.1. The third kappa shape index (κ3) is 3.66. The Morgan fingerprint density at radius 2 is 1.90 bits per heavy atom. The van der Waals surface area contributed by atoms with E-state index in [-0.39, 0.29) is 0 Å². The number of para-hydroxylation sites is 2. The van der Waals surface area contributed by atoms with Crippen LogP contribution in [-0.4, -0.2) is 39.3 Å². The van der Waals surface area contributed by atoms with Crippen molar-refractivity contribution in [2.75, 3.05) is 43.0 Å². The van der Waals surface area contributed by atoms with Crippen LogP contribution >= 0.6 is 0 Å². The lowest BCUT2D eigenvalue weighted by molar-refractivity contribution is 0.533. The quantitative estimate of drug-likeness (QED) is 0.771. The van der Waals surface area contributed by atoms with Crippen LogP contribution in [0, 0.1) is 0 Å². The van der Waals surface area contributed by atoms with E-state index in [9.17, 15) is 0 Å². The SMILES string of the molecule is CCCNCCCC(C)N1CCN(C)c2ccccc21. The Balaban J connectivity index is 1.90. The lowest BCUT2D eigenvalue weighted by Crippen LogP contribution is -2.44. The number of rotatable bonds is 7. The Morgan fingerprint density at radius 3 is 2.65 bits per heavy atom. The molecule has 2 rings (SSSR count). The van der Waals surface area contributed by atoms with Gasteiger partial charge in [0.05, 0.1) is 11.4 Å². The van der Waals surface area contributed by atoms with Crippen molar-refractivity contribution in [2.45, 2.75) is 39.2 Å². The fourth-order valence-corrected chi connectivity index (χ4v) is 2.97. The van der Waals surface area contributed by atoms with Gasteiger partial charge in [0.15, 0.2) is 0 Å². The first-order valence-corrected chi connectivity index (χ1v) is 8.01. The van der Waals surface area contributed by atoms with E-state index in [4.69, 9.17) is 0 Å². The van der Waals surface area contributed by atoms with Crippen LogP contribution < -0.4 is 15.1 Å². The summed E-state index contributed by atoms with van der Waals surface area (Å²) in [4.78, 5) is 4.94. The highest BCUT2D eigenvalue weighted by Gasteiger charge is 2.23. The molecule has 0 fully saturated rings. The normalized spacial score (nSPS) is 16.1. The monoisotopic (exact) mass is 275 g/mol. The van der Waals surface area contributed by atoms with Crippen molar-refractivity contribution in [2.24, 2.45) is 0 Å². The van der Waals surface area contributed by atoms with E-state index in [0.29, 0.717) is 6.04 Å². The minimum absolute atomic E-state index is 0.619. The highest BCUT2D eigenvalue weighted by molar-refractivity contribution is 5.73. The van der Waals surface area contributed by atoms with Gasteiger partial charge in [-0.15, -0.1) is 0 Å². The van der Waals surface area contributed by atoms with E-state index in [1.54, 1.807) is 0 Å². The molecule has 0 bridgehead atoms. The van der Waals surface area contributed by atoms with Gasteiger partial charge in [0.1, 0.15) is 0 Å². The van der Waals surface area contributed by atoms with Crippen molar-refractivity contribution in [1.82, 2.24) is 5.32 Å². The molecule has 1 atom stereocenters. The zero-order valence-electron chi connectivity index (χ0n) is 13.2. The number of hydrogen-bond donors (Lipinski definition) is 1. The Labute approximate surface area is 124 Å². The molecule has 112 valence electrons. The fourth-order valence-electron chi connectivity index (χ4n) is 2.97. The topological polar surface area (TPSA) is 18.5 Å². The van der Waals surface area contributed by atoms with Crippen LogP contribution in [0.2, 0.25) is 0 Å². The summed E-state index contributed by atoms with van der Waals surface area (Å²) in [6, 6.07) is 9.40. The highest BCUT2D eigenvalue weighted by Crippen LogP contribution is 2.33. The molecular weight excluding hydrogens is 246 g/mol. The van der Waals surface area contributed by atoms with Crippen molar-refractivity contribution in [3.63, 3.8) is 0 Å². The van der Waals surface area contributed by atoms with Gasteiger partial charge in [-0.25, -0.2) is 0 Å². The van der Waals surface area contributed by atoms with E-state index < -0.39 is 0 Å². The van der Waals surface area contributed by atoms with E-state index in [1.165, 1.54) is 30.6 Å². The molecule has 3 nitrogen and oxygen atoms in total. The second-order valence-corrected chi connectivity index (χ2v) is 5.84. The van der Waals surface area contributed by atoms with Crippen molar-refractivity contribution in [1.29, 1.82) is 0 Å². The van der Waals surface area contributed by atoms with Crippen LogP contribution in [0.25, 0.3) is 0 Å². The molecule has 1 aliphatic rings. The van der Waals surface area contributed by atoms with Gasteiger partial charge in [-0.05, 0) is 51.4 Å². The Bertz CT molecular complexity index is 405. The number of anilines is 2. The summed E-state index contributed by atoms with van der Waals surface area (Å²) in [5, 5.41) is 3.49. The third-order valence-corrected chi connectivity index (χ3v) is 4.21. The number of likely N-dealkylation sites (N-methyl/N-ethyl adjacent to an activating group) is 1. The van der Waals surface area contributed by atoms with Gasteiger partial charge in [-0.1, -0.05) is 19.1 Å². The molecule has 0 amide bonds. The average Bonchev–Trinajstić information content (AvgIpc) is 2.47. The van der Waals surface area contributed by atoms with Crippen LogP contribution in [0.4, 0.5) is 11.4 Å². The Kier molecular flexibility index (Phi) is 5.72. The van der Waals surface area contributed by atoms with Gasteiger partial charge in [-0.2, -0.15) is 0 Å². The van der Waals surface area contributed by atoms with E-state index in [1.807, 2.05) is 0 Å². The summed E-state index contributed by atoms with van der Waals surface area (Å²) >= 11 is 0. The van der Waals surface area contributed by atoms with Gasteiger partial charge in [0.2, 0.25) is 0 Å². The summed E-state index contributed by atoms with van der Waals surface area (Å²) in [6.07, 6.45) is 3.74. The average molecular weight is 275 g/mol. The second-order valence-electron chi connectivity index (χ2n) is 5.84. The number of nitrogens with one attached hydrogen (secondary N) is 1. The number of hydrogen-bond acceptors (Lipinski definition) is 3. The molecule has 0 saturated carbocycles. The van der Waals surface area contributed by atoms with Gasteiger partial charge in [-0.3, -0.25) is 0 Å². The summed E-state index contributed by atoms with van der Waals surface area (Å²) in [5.41, 5.74) is 2.77. The largest absolute Gasteiger partial charge is 0.371 e. The molecule has 1 heterocycles. The summed E-state index contributed by atoms with van der Waals surface area (Å²) in [7, 11) is 2.19.